The van der Waals surface area contributed by atoms with Crippen molar-refractivity contribution in [2.24, 2.45) is 5.92 Å². The molecule has 4 rings (SSSR count). The Morgan fingerprint density at radius 1 is 1.21 bits per heavy atom. The molecule has 0 aliphatic heterocycles. The number of nitrogens with zero attached hydrogens (tertiary/aromatic N) is 2. The Hall–Kier alpha value is -3.30. The van der Waals surface area contributed by atoms with E-state index in [4.69, 9.17) is 4.74 Å². The van der Waals surface area contributed by atoms with Crippen LogP contribution in [-0.2, 0) is 16.7 Å². The Morgan fingerprint density at radius 3 is 2.55 bits per heavy atom. The number of amides is 1. The van der Waals surface area contributed by atoms with Crippen molar-refractivity contribution in [1.29, 1.82) is 0 Å². The number of aliphatic hydroxyl groups is 1. The summed E-state index contributed by atoms with van der Waals surface area (Å²) in [4.78, 5) is 12.6. The molecule has 1 aliphatic carbocycles. The Bertz CT molecular complexity index is 1220. The number of alkyl carbamates (subject to hydrolysis) is 1. The van der Waals surface area contributed by atoms with Crippen LogP contribution in [0, 0.1) is 17.6 Å². The number of hydrogen-bond donors (Lipinski definition) is 3. The predicted molar refractivity (Wildman–Crippen MR) is 141 cm³/mol. The van der Waals surface area contributed by atoms with E-state index in [1.54, 1.807) is 31.6 Å². The van der Waals surface area contributed by atoms with Crippen molar-refractivity contribution >= 4 is 6.09 Å². The second-order valence-electron chi connectivity index (χ2n) is 11.0. The number of hydrogen-bond acceptors (Lipinski definition) is 5. The Morgan fingerprint density at radius 2 is 1.95 bits per heavy atom. The third kappa shape index (κ3) is 6.76. The molecule has 4 atom stereocenters. The Balaban J connectivity index is 1.52. The van der Waals surface area contributed by atoms with Crippen molar-refractivity contribution < 1.29 is 23.4 Å². The zero-order valence-corrected chi connectivity index (χ0v) is 22.2. The second kappa shape index (κ2) is 11.2. The fraction of sp³-hybridized carbons (Fsp3) is 0.448. The minimum atomic E-state index is -1.06. The maximum absolute atomic E-state index is 13.8. The summed E-state index contributed by atoms with van der Waals surface area (Å²) in [5.41, 5.74) is 1.28. The van der Waals surface area contributed by atoms with Crippen LogP contribution in [0.2, 0.25) is 0 Å². The van der Waals surface area contributed by atoms with Gasteiger partial charge < -0.3 is 20.5 Å². The molecule has 0 spiro atoms. The molecule has 204 valence electrons. The van der Waals surface area contributed by atoms with Gasteiger partial charge in [-0.15, -0.1) is 0 Å². The molecule has 1 aliphatic rings. The average molecular weight is 527 g/mol. The molecule has 0 saturated heterocycles. The molecule has 4 unspecified atom stereocenters. The van der Waals surface area contributed by atoms with Crippen molar-refractivity contribution in [3.05, 3.63) is 83.7 Å². The molecule has 0 radical (unpaired) electrons. The molecular formula is C29H36F2N4O3. The number of halogens is 2. The maximum atomic E-state index is 13.8. The van der Waals surface area contributed by atoms with Crippen molar-refractivity contribution in [2.45, 2.75) is 70.2 Å². The molecular weight excluding hydrogens is 490 g/mol. The number of aliphatic hydroxyl groups excluding tert-OH is 1. The molecule has 1 saturated carbocycles. The first kappa shape index (κ1) is 27.7. The van der Waals surface area contributed by atoms with E-state index in [1.165, 1.54) is 12.1 Å². The van der Waals surface area contributed by atoms with Crippen LogP contribution in [0.5, 0.6) is 0 Å². The van der Waals surface area contributed by atoms with Crippen LogP contribution in [0.1, 0.15) is 51.7 Å². The number of aromatic nitrogens is 2. The molecule has 1 fully saturated rings. The van der Waals surface area contributed by atoms with E-state index in [0.29, 0.717) is 11.5 Å². The number of rotatable bonds is 10. The maximum Gasteiger partial charge on any atom is 0.407 e. The number of ether oxygens (including phenoxy) is 1. The summed E-state index contributed by atoms with van der Waals surface area (Å²) in [6, 6.07) is 12.3. The SMILES string of the molecule is CCC1CC1(NCC(O)C(Cc1cc(F)cc(F)c1)NC(=O)OC(C)(C)C)c1cccc(-n2cccn2)c1. The Kier molecular flexibility index (Phi) is 8.18. The number of nitrogens with one attached hydrogen (secondary N) is 2. The number of benzene rings is 2. The van der Waals surface area contributed by atoms with Gasteiger partial charge in [-0.25, -0.2) is 18.3 Å². The van der Waals surface area contributed by atoms with Crippen LogP contribution in [0.25, 0.3) is 5.69 Å². The van der Waals surface area contributed by atoms with Crippen molar-refractivity contribution in [2.75, 3.05) is 6.54 Å². The van der Waals surface area contributed by atoms with Crippen LogP contribution in [0.15, 0.2) is 60.9 Å². The molecule has 1 aromatic heterocycles. The van der Waals surface area contributed by atoms with E-state index in [9.17, 15) is 18.7 Å². The van der Waals surface area contributed by atoms with Crippen molar-refractivity contribution in [3.63, 3.8) is 0 Å². The smallest absolute Gasteiger partial charge is 0.407 e. The molecule has 0 bridgehead atoms. The van der Waals surface area contributed by atoms with Gasteiger partial charge in [-0.1, -0.05) is 25.5 Å². The first-order valence-corrected chi connectivity index (χ1v) is 13.0. The lowest BCUT2D eigenvalue weighted by Crippen LogP contribution is -2.51. The van der Waals surface area contributed by atoms with Gasteiger partial charge in [0.05, 0.1) is 17.8 Å². The van der Waals surface area contributed by atoms with Gasteiger partial charge >= 0.3 is 6.09 Å². The van der Waals surface area contributed by atoms with Crippen LogP contribution in [0.4, 0.5) is 13.6 Å². The predicted octanol–water partition coefficient (Wildman–Crippen LogP) is 4.86. The third-order valence-electron chi connectivity index (χ3n) is 6.90. The molecule has 3 N–H and O–H groups in total. The molecule has 3 aromatic rings. The largest absolute Gasteiger partial charge is 0.444 e. The van der Waals surface area contributed by atoms with E-state index in [2.05, 4.69) is 34.8 Å². The standard InChI is InChI=1S/C29H36F2N4O3/c1-5-20-17-29(20,21-8-6-9-24(15-21)35-11-7-10-33-35)32-18-26(36)25(34-27(37)38-28(2,3)4)14-19-12-22(30)16-23(31)13-19/h6-13,15-16,20,25-26,32,36H,5,14,17-18H2,1-4H3,(H,34,37). The van der Waals surface area contributed by atoms with E-state index in [1.807, 2.05) is 24.4 Å². The van der Waals surface area contributed by atoms with E-state index in [0.717, 1.165) is 30.2 Å². The number of carbonyl (C=O) groups excluding carboxylic acids is 1. The average Bonchev–Trinajstić information content (AvgIpc) is 3.29. The van der Waals surface area contributed by atoms with Crippen LogP contribution < -0.4 is 10.6 Å². The van der Waals surface area contributed by atoms with Crippen LogP contribution >= 0.6 is 0 Å². The number of carbonyl (C=O) groups is 1. The quantitative estimate of drug-likeness (QED) is 0.351. The van der Waals surface area contributed by atoms with Gasteiger partial charge in [0.15, 0.2) is 0 Å². The first-order chi connectivity index (χ1) is 18.0. The molecule has 9 heteroatoms. The van der Waals surface area contributed by atoms with Crippen molar-refractivity contribution in [3.8, 4) is 5.69 Å². The lowest BCUT2D eigenvalue weighted by atomic mass is 9.98. The summed E-state index contributed by atoms with van der Waals surface area (Å²) in [7, 11) is 0. The summed E-state index contributed by atoms with van der Waals surface area (Å²) in [5, 5.41) is 21.8. The highest BCUT2D eigenvalue weighted by atomic mass is 19.1. The minimum Gasteiger partial charge on any atom is -0.444 e. The molecule has 2 aromatic carbocycles. The van der Waals surface area contributed by atoms with E-state index < -0.39 is 35.5 Å². The molecule has 1 amide bonds. The monoisotopic (exact) mass is 526 g/mol. The topological polar surface area (TPSA) is 88.4 Å². The molecule has 7 nitrogen and oxygen atoms in total. The first-order valence-electron chi connectivity index (χ1n) is 13.0. The highest BCUT2D eigenvalue weighted by Gasteiger charge is 2.54. The van der Waals surface area contributed by atoms with Crippen LogP contribution in [-0.4, -0.2) is 45.3 Å². The Labute approximate surface area is 222 Å². The van der Waals surface area contributed by atoms with E-state index >= 15 is 0 Å². The van der Waals surface area contributed by atoms with Gasteiger partial charge in [0.25, 0.3) is 0 Å². The van der Waals surface area contributed by atoms with Gasteiger partial charge in [0.2, 0.25) is 0 Å². The van der Waals surface area contributed by atoms with Crippen molar-refractivity contribution in [1.82, 2.24) is 20.4 Å². The normalized spacial score (nSPS) is 20.6. The lowest BCUT2D eigenvalue weighted by Gasteiger charge is -2.29. The summed E-state index contributed by atoms with van der Waals surface area (Å²) in [6.07, 6.45) is 3.72. The third-order valence-corrected chi connectivity index (χ3v) is 6.90. The zero-order valence-electron chi connectivity index (χ0n) is 22.2. The highest BCUT2D eigenvalue weighted by molar-refractivity contribution is 5.68. The minimum absolute atomic E-state index is 0.0236. The van der Waals surface area contributed by atoms with Crippen LogP contribution in [0.3, 0.4) is 0 Å². The fourth-order valence-electron chi connectivity index (χ4n) is 5.00. The zero-order chi connectivity index (χ0) is 27.5. The van der Waals surface area contributed by atoms with Gasteiger partial charge in [0, 0.05) is 30.5 Å². The summed E-state index contributed by atoms with van der Waals surface area (Å²) < 4.78 is 34.9. The van der Waals surface area contributed by atoms with E-state index in [-0.39, 0.29) is 18.5 Å². The summed E-state index contributed by atoms with van der Waals surface area (Å²) in [5.74, 6) is -1.07. The van der Waals surface area contributed by atoms with Gasteiger partial charge in [-0.05, 0) is 81.0 Å². The summed E-state index contributed by atoms with van der Waals surface area (Å²) >= 11 is 0. The fourth-order valence-corrected chi connectivity index (χ4v) is 5.00. The highest BCUT2D eigenvalue weighted by Crippen LogP contribution is 2.54. The van der Waals surface area contributed by atoms with Gasteiger partial charge in [-0.3, -0.25) is 0 Å². The van der Waals surface area contributed by atoms with Gasteiger partial charge in [0.1, 0.15) is 17.2 Å². The molecule has 1 heterocycles. The van der Waals surface area contributed by atoms with Gasteiger partial charge in [-0.2, -0.15) is 5.10 Å². The summed E-state index contributed by atoms with van der Waals surface area (Å²) in [6.45, 7) is 7.50. The lowest BCUT2D eigenvalue weighted by molar-refractivity contribution is 0.0418. The molecule has 38 heavy (non-hydrogen) atoms. The second-order valence-corrected chi connectivity index (χ2v) is 11.0.